The normalized spacial score (nSPS) is 28.5. The topological polar surface area (TPSA) is 86.9 Å². The number of primary amides is 1. The summed E-state index contributed by atoms with van der Waals surface area (Å²) in [5, 5.41) is 4.32. The van der Waals surface area contributed by atoms with Crippen LogP contribution in [0.1, 0.15) is 61.8 Å². The van der Waals surface area contributed by atoms with E-state index in [0.717, 1.165) is 12.8 Å². The largest absolute Gasteiger partial charge is 0.382 e. The lowest BCUT2D eigenvalue weighted by atomic mass is 9.75. The van der Waals surface area contributed by atoms with Gasteiger partial charge in [-0.15, -0.1) is 0 Å². The molecule has 1 aromatic heterocycles. The summed E-state index contributed by atoms with van der Waals surface area (Å²) in [7, 11) is 0. The molecule has 1 heterocycles. The summed E-state index contributed by atoms with van der Waals surface area (Å²) in [4.78, 5) is 11.3. The molecular formula is C14H22N4O. The predicted octanol–water partition coefficient (Wildman–Crippen LogP) is 2.10. The van der Waals surface area contributed by atoms with Crippen LogP contribution in [-0.2, 0) is 0 Å². The molecule has 1 spiro atoms. The van der Waals surface area contributed by atoms with Crippen molar-refractivity contribution in [3.05, 3.63) is 11.8 Å². The van der Waals surface area contributed by atoms with E-state index >= 15 is 0 Å². The maximum absolute atomic E-state index is 11.3. The van der Waals surface area contributed by atoms with Gasteiger partial charge in [0.15, 0.2) is 5.82 Å². The van der Waals surface area contributed by atoms with Crippen LogP contribution in [0, 0.1) is 11.3 Å². The Morgan fingerprint density at radius 2 is 2.26 bits per heavy atom. The molecule has 0 aromatic carbocycles. The standard InChI is InChI=1S/C14H22N4O/c1-2-9-7-14(5-6-14)4-3-11(9)18-8-10(13(16)19)12(15)17-18/h8-9,11H,2-7H2,1H3,(H2,15,17)(H2,16,19)/t9?,11-/m1/s1. The first-order valence-electron chi connectivity index (χ1n) is 7.19. The third kappa shape index (κ3) is 2.11. The van der Waals surface area contributed by atoms with Crippen molar-refractivity contribution in [1.29, 1.82) is 0 Å². The van der Waals surface area contributed by atoms with Crippen molar-refractivity contribution in [2.24, 2.45) is 17.1 Å². The molecular weight excluding hydrogens is 240 g/mol. The molecule has 2 saturated carbocycles. The monoisotopic (exact) mass is 262 g/mol. The molecule has 104 valence electrons. The van der Waals surface area contributed by atoms with E-state index in [4.69, 9.17) is 11.5 Å². The van der Waals surface area contributed by atoms with Crippen LogP contribution in [0.15, 0.2) is 6.20 Å². The molecule has 5 nitrogen and oxygen atoms in total. The Bertz CT molecular complexity index is 504. The van der Waals surface area contributed by atoms with Crippen molar-refractivity contribution in [2.45, 2.75) is 51.5 Å². The summed E-state index contributed by atoms with van der Waals surface area (Å²) in [6, 6.07) is 0.367. The highest BCUT2D eigenvalue weighted by Gasteiger charge is 2.48. The number of aromatic nitrogens is 2. The van der Waals surface area contributed by atoms with Crippen LogP contribution in [0.25, 0.3) is 0 Å². The van der Waals surface area contributed by atoms with Gasteiger partial charge in [0.25, 0.3) is 5.91 Å². The van der Waals surface area contributed by atoms with Crippen LogP contribution < -0.4 is 11.5 Å². The predicted molar refractivity (Wildman–Crippen MR) is 73.5 cm³/mol. The number of nitrogen functional groups attached to an aromatic ring is 1. The van der Waals surface area contributed by atoms with Crippen LogP contribution in [-0.4, -0.2) is 15.7 Å². The number of anilines is 1. The van der Waals surface area contributed by atoms with Gasteiger partial charge in [-0.1, -0.05) is 13.3 Å². The fraction of sp³-hybridized carbons (Fsp3) is 0.714. The first-order valence-corrected chi connectivity index (χ1v) is 7.19. The molecule has 2 fully saturated rings. The van der Waals surface area contributed by atoms with Gasteiger partial charge in [-0.3, -0.25) is 9.48 Å². The van der Waals surface area contributed by atoms with Crippen molar-refractivity contribution in [3.63, 3.8) is 0 Å². The van der Waals surface area contributed by atoms with E-state index in [1.54, 1.807) is 6.20 Å². The van der Waals surface area contributed by atoms with Gasteiger partial charge in [-0.2, -0.15) is 5.10 Å². The average molecular weight is 262 g/mol. The number of carbonyl (C=O) groups excluding carboxylic acids is 1. The Labute approximate surface area is 113 Å². The Hall–Kier alpha value is -1.52. The molecule has 2 atom stereocenters. The van der Waals surface area contributed by atoms with Gasteiger partial charge in [0.1, 0.15) is 5.56 Å². The first kappa shape index (κ1) is 12.5. The number of amides is 1. The third-order valence-electron chi connectivity index (χ3n) is 5.06. The summed E-state index contributed by atoms with van der Waals surface area (Å²) in [5.74, 6) is 0.400. The summed E-state index contributed by atoms with van der Waals surface area (Å²) in [5.41, 5.74) is 12.1. The average Bonchev–Trinajstić information content (AvgIpc) is 3.00. The van der Waals surface area contributed by atoms with E-state index < -0.39 is 5.91 Å². The third-order valence-corrected chi connectivity index (χ3v) is 5.06. The Morgan fingerprint density at radius 1 is 1.53 bits per heavy atom. The van der Waals surface area contributed by atoms with Gasteiger partial charge < -0.3 is 11.5 Å². The summed E-state index contributed by atoms with van der Waals surface area (Å²) >= 11 is 0. The summed E-state index contributed by atoms with van der Waals surface area (Å²) in [6.45, 7) is 2.24. The maximum atomic E-state index is 11.3. The quantitative estimate of drug-likeness (QED) is 0.874. The number of nitrogens with zero attached hydrogens (tertiary/aromatic N) is 2. The minimum Gasteiger partial charge on any atom is -0.382 e. The van der Waals surface area contributed by atoms with Gasteiger partial charge in [0.2, 0.25) is 0 Å². The minimum absolute atomic E-state index is 0.258. The van der Waals surface area contributed by atoms with Crippen LogP contribution in [0.4, 0.5) is 5.82 Å². The second kappa shape index (κ2) is 4.25. The second-order valence-corrected chi connectivity index (χ2v) is 6.25. The number of rotatable bonds is 3. The second-order valence-electron chi connectivity index (χ2n) is 6.25. The lowest BCUT2D eigenvalue weighted by molar-refractivity contribution is 0.100. The molecule has 0 radical (unpaired) electrons. The molecule has 1 amide bonds. The zero-order valence-electron chi connectivity index (χ0n) is 11.4. The molecule has 4 N–H and O–H groups in total. The van der Waals surface area contributed by atoms with E-state index in [9.17, 15) is 4.79 Å². The summed E-state index contributed by atoms with van der Waals surface area (Å²) < 4.78 is 1.89. The van der Waals surface area contributed by atoms with Gasteiger partial charge in [-0.25, -0.2) is 0 Å². The Balaban J connectivity index is 1.84. The van der Waals surface area contributed by atoms with Crippen molar-refractivity contribution in [3.8, 4) is 0 Å². The SMILES string of the molecule is CCC1CC2(CC[C@H]1n1cc(C(N)=O)c(N)n1)CC2. The molecule has 1 unspecified atom stereocenters. The van der Waals surface area contributed by atoms with Crippen LogP contribution in [0.2, 0.25) is 0 Å². The fourth-order valence-corrected chi connectivity index (χ4v) is 3.64. The van der Waals surface area contributed by atoms with Crippen LogP contribution in [0.3, 0.4) is 0 Å². The van der Waals surface area contributed by atoms with Crippen LogP contribution in [0.5, 0.6) is 0 Å². The lowest BCUT2D eigenvalue weighted by Gasteiger charge is -2.36. The molecule has 0 saturated heterocycles. The van der Waals surface area contributed by atoms with Gasteiger partial charge in [0, 0.05) is 6.20 Å². The zero-order chi connectivity index (χ0) is 13.6. The molecule has 5 heteroatoms. The van der Waals surface area contributed by atoms with E-state index in [-0.39, 0.29) is 5.82 Å². The number of carbonyl (C=O) groups is 1. The number of hydrogen-bond donors (Lipinski definition) is 2. The molecule has 2 aliphatic carbocycles. The molecule has 1 aromatic rings. The lowest BCUT2D eigenvalue weighted by Crippen LogP contribution is -2.28. The van der Waals surface area contributed by atoms with Crippen molar-refractivity contribution >= 4 is 11.7 Å². The molecule has 19 heavy (non-hydrogen) atoms. The van der Waals surface area contributed by atoms with E-state index in [1.165, 1.54) is 25.7 Å². The summed E-state index contributed by atoms with van der Waals surface area (Å²) in [6.07, 6.45) is 9.37. The van der Waals surface area contributed by atoms with E-state index in [0.29, 0.717) is 22.9 Å². The molecule has 2 aliphatic rings. The van der Waals surface area contributed by atoms with E-state index in [1.807, 2.05) is 4.68 Å². The van der Waals surface area contributed by atoms with Crippen LogP contribution >= 0.6 is 0 Å². The van der Waals surface area contributed by atoms with Gasteiger partial charge in [-0.05, 0) is 43.4 Å². The highest BCUT2D eigenvalue weighted by atomic mass is 16.1. The van der Waals surface area contributed by atoms with Gasteiger partial charge >= 0.3 is 0 Å². The Morgan fingerprint density at radius 3 is 2.79 bits per heavy atom. The highest BCUT2D eigenvalue weighted by Crippen LogP contribution is 2.60. The minimum atomic E-state index is -0.494. The first-order chi connectivity index (χ1) is 9.04. The molecule has 0 aliphatic heterocycles. The smallest absolute Gasteiger partial charge is 0.254 e. The number of hydrogen-bond acceptors (Lipinski definition) is 3. The maximum Gasteiger partial charge on any atom is 0.254 e. The van der Waals surface area contributed by atoms with Crippen molar-refractivity contribution < 1.29 is 4.79 Å². The van der Waals surface area contributed by atoms with E-state index in [2.05, 4.69) is 12.0 Å². The fourth-order valence-electron chi connectivity index (χ4n) is 3.64. The highest BCUT2D eigenvalue weighted by molar-refractivity contribution is 5.96. The van der Waals surface area contributed by atoms with Gasteiger partial charge in [0.05, 0.1) is 6.04 Å². The van der Waals surface area contributed by atoms with Crippen molar-refractivity contribution in [2.75, 3.05) is 5.73 Å². The Kier molecular flexibility index (Phi) is 2.80. The van der Waals surface area contributed by atoms with Crippen molar-refractivity contribution in [1.82, 2.24) is 9.78 Å². The zero-order valence-corrected chi connectivity index (χ0v) is 11.4. The number of nitrogens with two attached hydrogens (primary N) is 2. The molecule has 0 bridgehead atoms. The molecule has 3 rings (SSSR count).